The van der Waals surface area contributed by atoms with E-state index < -0.39 is 20.7 Å². The summed E-state index contributed by atoms with van der Waals surface area (Å²) in [6.07, 6.45) is 0. The standard InChI is InChI=1S/C13H12N2O5S/c1-9-4-2-3-5-13(9)21(19,20)14-11-7-6-10(15(17)18)8-12(11)16/h2-8,14,16H,1H3. The first-order chi connectivity index (χ1) is 9.81. The molecule has 0 atom stereocenters. The number of sulfonamides is 1. The Kier molecular flexibility index (Phi) is 3.81. The molecule has 21 heavy (non-hydrogen) atoms. The first-order valence-electron chi connectivity index (χ1n) is 5.87. The average molecular weight is 308 g/mol. The fourth-order valence-corrected chi connectivity index (χ4v) is 3.10. The van der Waals surface area contributed by atoms with E-state index in [2.05, 4.69) is 4.72 Å². The van der Waals surface area contributed by atoms with E-state index in [0.29, 0.717) is 5.56 Å². The largest absolute Gasteiger partial charge is 0.505 e. The van der Waals surface area contributed by atoms with Gasteiger partial charge in [0.15, 0.2) is 0 Å². The van der Waals surface area contributed by atoms with Crippen molar-refractivity contribution in [1.29, 1.82) is 0 Å². The number of benzene rings is 2. The van der Waals surface area contributed by atoms with Gasteiger partial charge in [0, 0.05) is 6.07 Å². The van der Waals surface area contributed by atoms with Gasteiger partial charge in [0.2, 0.25) is 0 Å². The number of non-ortho nitro benzene ring substituents is 1. The van der Waals surface area contributed by atoms with Gasteiger partial charge in [-0.25, -0.2) is 8.42 Å². The Bertz CT molecular complexity index is 802. The van der Waals surface area contributed by atoms with Gasteiger partial charge in [0.25, 0.3) is 15.7 Å². The lowest BCUT2D eigenvalue weighted by molar-refractivity contribution is -0.384. The molecule has 0 bridgehead atoms. The first-order valence-corrected chi connectivity index (χ1v) is 7.35. The maximum atomic E-state index is 12.2. The number of nitrogens with one attached hydrogen (secondary N) is 1. The maximum absolute atomic E-state index is 12.2. The van der Waals surface area contributed by atoms with Crippen LogP contribution in [0.25, 0.3) is 0 Å². The molecule has 0 amide bonds. The number of phenolic OH excluding ortho intramolecular Hbond substituents is 1. The average Bonchev–Trinajstić information content (AvgIpc) is 2.41. The zero-order valence-electron chi connectivity index (χ0n) is 11.0. The van der Waals surface area contributed by atoms with Gasteiger partial charge in [-0.15, -0.1) is 0 Å². The second kappa shape index (κ2) is 5.41. The number of nitrogens with zero attached hydrogens (tertiary/aromatic N) is 1. The maximum Gasteiger partial charge on any atom is 0.273 e. The van der Waals surface area contributed by atoms with Gasteiger partial charge in [-0.2, -0.15) is 0 Å². The monoisotopic (exact) mass is 308 g/mol. The summed E-state index contributed by atoms with van der Waals surface area (Å²) in [4.78, 5) is 9.96. The van der Waals surface area contributed by atoms with Gasteiger partial charge in [0.05, 0.1) is 21.6 Å². The van der Waals surface area contributed by atoms with Crippen molar-refractivity contribution in [3.63, 3.8) is 0 Å². The number of hydrogen-bond donors (Lipinski definition) is 2. The van der Waals surface area contributed by atoms with E-state index in [-0.39, 0.29) is 16.3 Å². The van der Waals surface area contributed by atoms with Crippen molar-refractivity contribution in [3.05, 3.63) is 58.1 Å². The highest BCUT2D eigenvalue weighted by atomic mass is 32.2. The van der Waals surface area contributed by atoms with Gasteiger partial charge >= 0.3 is 0 Å². The van der Waals surface area contributed by atoms with E-state index in [1.807, 2.05) is 0 Å². The van der Waals surface area contributed by atoms with Crippen molar-refractivity contribution in [3.8, 4) is 5.75 Å². The van der Waals surface area contributed by atoms with Crippen LogP contribution in [-0.2, 0) is 10.0 Å². The Morgan fingerprint density at radius 2 is 1.86 bits per heavy atom. The minimum Gasteiger partial charge on any atom is -0.505 e. The molecule has 8 heteroatoms. The summed E-state index contributed by atoms with van der Waals surface area (Å²) in [5.41, 5.74) is 0.0987. The van der Waals surface area contributed by atoms with E-state index >= 15 is 0 Å². The Hall–Kier alpha value is -2.61. The van der Waals surface area contributed by atoms with Crippen LogP contribution in [-0.4, -0.2) is 18.4 Å². The SMILES string of the molecule is Cc1ccccc1S(=O)(=O)Nc1ccc([N+](=O)[O-])cc1O. The zero-order chi connectivity index (χ0) is 15.6. The number of nitro groups is 1. The van der Waals surface area contributed by atoms with Gasteiger partial charge in [-0.05, 0) is 24.6 Å². The van der Waals surface area contributed by atoms with Gasteiger partial charge in [0.1, 0.15) is 5.75 Å². The molecule has 110 valence electrons. The fourth-order valence-electron chi connectivity index (χ4n) is 1.78. The second-order valence-corrected chi connectivity index (χ2v) is 5.98. The number of aromatic hydroxyl groups is 1. The highest BCUT2D eigenvalue weighted by molar-refractivity contribution is 7.92. The molecule has 0 saturated heterocycles. The second-order valence-electron chi connectivity index (χ2n) is 4.33. The molecule has 0 aliphatic rings. The molecule has 0 fully saturated rings. The molecule has 0 aromatic heterocycles. The third kappa shape index (κ3) is 3.11. The lowest BCUT2D eigenvalue weighted by Crippen LogP contribution is -2.14. The Morgan fingerprint density at radius 3 is 2.43 bits per heavy atom. The lowest BCUT2D eigenvalue weighted by atomic mass is 10.2. The van der Waals surface area contributed by atoms with E-state index in [4.69, 9.17) is 0 Å². The van der Waals surface area contributed by atoms with E-state index in [1.54, 1.807) is 25.1 Å². The minimum absolute atomic E-state index is 0.0720. The van der Waals surface area contributed by atoms with Gasteiger partial charge in [-0.1, -0.05) is 18.2 Å². The molecule has 0 heterocycles. The summed E-state index contributed by atoms with van der Waals surface area (Å²) in [5.74, 6) is -0.513. The number of hydrogen-bond acceptors (Lipinski definition) is 5. The topological polar surface area (TPSA) is 110 Å². The summed E-state index contributed by atoms with van der Waals surface area (Å²) in [5, 5.41) is 20.3. The third-order valence-electron chi connectivity index (χ3n) is 2.82. The molecule has 2 N–H and O–H groups in total. The summed E-state index contributed by atoms with van der Waals surface area (Å²) >= 11 is 0. The number of phenols is 1. The number of anilines is 1. The van der Waals surface area contributed by atoms with Crippen LogP contribution < -0.4 is 4.72 Å². The van der Waals surface area contributed by atoms with Crippen molar-refractivity contribution >= 4 is 21.4 Å². The number of nitro benzene ring substituents is 1. The molecule has 0 saturated carbocycles. The zero-order valence-corrected chi connectivity index (χ0v) is 11.8. The van der Waals surface area contributed by atoms with Crippen LogP contribution in [0.5, 0.6) is 5.75 Å². The first kappa shape index (κ1) is 14.8. The van der Waals surface area contributed by atoms with Gasteiger partial charge in [-0.3, -0.25) is 14.8 Å². The molecule has 2 aromatic rings. The minimum atomic E-state index is -3.88. The van der Waals surface area contributed by atoms with Crippen LogP contribution in [0.4, 0.5) is 11.4 Å². The van der Waals surface area contributed by atoms with Crippen LogP contribution in [0.15, 0.2) is 47.4 Å². The predicted octanol–water partition coefficient (Wildman–Crippen LogP) is 2.41. The number of rotatable bonds is 4. The summed E-state index contributed by atoms with van der Waals surface area (Å²) in [6.45, 7) is 1.64. The normalized spacial score (nSPS) is 11.1. The van der Waals surface area contributed by atoms with E-state index in [9.17, 15) is 23.6 Å². The van der Waals surface area contributed by atoms with Crippen LogP contribution >= 0.6 is 0 Å². The predicted molar refractivity (Wildman–Crippen MR) is 76.7 cm³/mol. The highest BCUT2D eigenvalue weighted by Crippen LogP contribution is 2.30. The molecule has 0 unspecified atom stereocenters. The summed E-state index contributed by atoms with van der Waals surface area (Å²) < 4.78 is 26.7. The molecular weight excluding hydrogens is 296 g/mol. The van der Waals surface area contributed by atoms with Gasteiger partial charge < -0.3 is 5.11 Å². The molecule has 0 spiro atoms. The molecule has 7 nitrogen and oxygen atoms in total. The Balaban J connectivity index is 2.38. The smallest absolute Gasteiger partial charge is 0.273 e. The Morgan fingerprint density at radius 1 is 1.19 bits per heavy atom. The quantitative estimate of drug-likeness (QED) is 0.512. The molecule has 2 aromatic carbocycles. The van der Waals surface area contributed by atoms with Crippen molar-refractivity contribution in [2.75, 3.05) is 4.72 Å². The fraction of sp³-hybridized carbons (Fsp3) is 0.0769. The summed E-state index contributed by atoms with van der Waals surface area (Å²) in [6, 6.07) is 9.49. The van der Waals surface area contributed by atoms with Crippen molar-refractivity contribution in [2.45, 2.75) is 11.8 Å². The van der Waals surface area contributed by atoms with Crippen molar-refractivity contribution in [1.82, 2.24) is 0 Å². The molecule has 0 aliphatic carbocycles. The van der Waals surface area contributed by atoms with Crippen molar-refractivity contribution < 1.29 is 18.4 Å². The lowest BCUT2D eigenvalue weighted by Gasteiger charge is -2.11. The van der Waals surface area contributed by atoms with E-state index in [1.165, 1.54) is 6.07 Å². The Labute approximate surface area is 121 Å². The van der Waals surface area contributed by atoms with Crippen LogP contribution in [0.2, 0.25) is 0 Å². The molecule has 2 rings (SSSR count). The third-order valence-corrected chi connectivity index (χ3v) is 4.35. The van der Waals surface area contributed by atoms with Crippen LogP contribution in [0.3, 0.4) is 0 Å². The van der Waals surface area contributed by atoms with Crippen molar-refractivity contribution in [2.24, 2.45) is 0 Å². The number of aryl methyl sites for hydroxylation is 1. The van der Waals surface area contributed by atoms with E-state index in [0.717, 1.165) is 18.2 Å². The molecule has 0 aliphatic heterocycles. The summed E-state index contributed by atoms with van der Waals surface area (Å²) in [7, 11) is -3.88. The van der Waals surface area contributed by atoms with Crippen LogP contribution in [0.1, 0.15) is 5.56 Å². The highest BCUT2D eigenvalue weighted by Gasteiger charge is 2.19. The molecular formula is C13H12N2O5S. The molecule has 0 radical (unpaired) electrons. The van der Waals surface area contributed by atoms with Crippen LogP contribution in [0, 0.1) is 17.0 Å².